The van der Waals surface area contributed by atoms with Crippen molar-refractivity contribution in [3.63, 3.8) is 0 Å². The molecule has 0 fully saturated rings. The third kappa shape index (κ3) is 5.60. The molecule has 0 aliphatic heterocycles. The molecular formula is C15H23Cl2N. The Morgan fingerprint density at radius 1 is 1.11 bits per heavy atom. The summed E-state index contributed by atoms with van der Waals surface area (Å²) in [6, 6.07) is 5.93. The van der Waals surface area contributed by atoms with E-state index in [0.29, 0.717) is 21.9 Å². The zero-order valence-corrected chi connectivity index (χ0v) is 13.0. The van der Waals surface area contributed by atoms with E-state index in [9.17, 15) is 0 Å². The van der Waals surface area contributed by atoms with Crippen LogP contribution in [0.25, 0.3) is 0 Å². The molecule has 1 unspecified atom stereocenters. The van der Waals surface area contributed by atoms with Crippen molar-refractivity contribution in [1.82, 2.24) is 5.32 Å². The van der Waals surface area contributed by atoms with Crippen molar-refractivity contribution in [3.8, 4) is 0 Å². The van der Waals surface area contributed by atoms with Crippen LogP contribution in [-0.4, -0.2) is 13.1 Å². The Kier molecular flexibility index (Phi) is 7.06. The minimum absolute atomic E-state index is 0.631. The second-order valence-electron chi connectivity index (χ2n) is 5.28. The van der Waals surface area contributed by atoms with E-state index in [1.807, 2.05) is 12.1 Å². The minimum Gasteiger partial charge on any atom is -0.316 e. The zero-order chi connectivity index (χ0) is 13.5. The van der Waals surface area contributed by atoms with Crippen LogP contribution in [0.2, 0.25) is 10.0 Å². The molecule has 1 rings (SSSR count). The first kappa shape index (κ1) is 15.8. The van der Waals surface area contributed by atoms with Gasteiger partial charge in [0.2, 0.25) is 0 Å². The fourth-order valence-electron chi connectivity index (χ4n) is 1.94. The first-order valence-corrected chi connectivity index (χ1v) is 7.43. The van der Waals surface area contributed by atoms with E-state index < -0.39 is 0 Å². The van der Waals surface area contributed by atoms with E-state index in [1.165, 1.54) is 12.0 Å². The van der Waals surface area contributed by atoms with Crippen LogP contribution in [-0.2, 0) is 6.42 Å². The predicted molar refractivity (Wildman–Crippen MR) is 81.7 cm³/mol. The highest BCUT2D eigenvalue weighted by molar-refractivity contribution is 6.42. The van der Waals surface area contributed by atoms with Gasteiger partial charge in [-0.25, -0.2) is 0 Å². The quantitative estimate of drug-likeness (QED) is 0.759. The van der Waals surface area contributed by atoms with Gasteiger partial charge in [-0.15, -0.1) is 0 Å². The van der Waals surface area contributed by atoms with Gasteiger partial charge in [0.15, 0.2) is 0 Å². The summed E-state index contributed by atoms with van der Waals surface area (Å²) in [7, 11) is 0. The molecule has 1 atom stereocenters. The molecule has 1 nitrogen and oxygen atoms in total. The van der Waals surface area contributed by atoms with Crippen molar-refractivity contribution in [2.75, 3.05) is 13.1 Å². The number of nitrogens with one attached hydrogen (secondary N) is 1. The minimum atomic E-state index is 0.631. The Hall–Kier alpha value is -0.240. The Morgan fingerprint density at radius 2 is 1.83 bits per heavy atom. The molecule has 18 heavy (non-hydrogen) atoms. The van der Waals surface area contributed by atoms with Crippen molar-refractivity contribution in [2.24, 2.45) is 11.8 Å². The molecule has 0 heterocycles. The SMILES string of the molecule is CCC(CNCC(C)C)Cc1ccc(Cl)c(Cl)c1. The Labute approximate surface area is 121 Å². The average Bonchev–Trinajstić information content (AvgIpc) is 2.32. The molecule has 0 saturated carbocycles. The summed E-state index contributed by atoms with van der Waals surface area (Å²) in [4.78, 5) is 0. The van der Waals surface area contributed by atoms with Crippen LogP contribution in [0.1, 0.15) is 32.8 Å². The van der Waals surface area contributed by atoms with E-state index >= 15 is 0 Å². The molecule has 0 radical (unpaired) electrons. The summed E-state index contributed by atoms with van der Waals surface area (Å²) < 4.78 is 0. The van der Waals surface area contributed by atoms with Gasteiger partial charge in [-0.1, -0.05) is 56.5 Å². The fraction of sp³-hybridized carbons (Fsp3) is 0.600. The highest BCUT2D eigenvalue weighted by atomic mass is 35.5. The third-order valence-electron chi connectivity index (χ3n) is 3.07. The van der Waals surface area contributed by atoms with Gasteiger partial charge in [0, 0.05) is 0 Å². The third-order valence-corrected chi connectivity index (χ3v) is 3.81. The number of rotatable bonds is 7. The molecule has 0 saturated heterocycles. The zero-order valence-electron chi connectivity index (χ0n) is 11.5. The molecule has 1 aromatic carbocycles. The fourth-order valence-corrected chi connectivity index (χ4v) is 2.26. The molecule has 0 aliphatic carbocycles. The Morgan fingerprint density at radius 3 is 2.39 bits per heavy atom. The summed E-state index contributed by atoms with van der Waals surface area (Å²) in [5.41, 5.74) is 1.27. The maximum absolute atomic E-state index is 6.04. The average molecular weight is 288 g/mol. The van der Waals surface area contributed by atoms with Crippen LogP contribution in [0, 0.1) is 11.8 Å². The van der Waals surface area contributed by atoms with Crippen molar-refractivity contribution < 1.29 is 0 Å². The molecule has 1 N–H and O–H groups in total. The summed E-state index contributed by atoms with van der Waals surface area (Å²) in [5, 5.41) is 4.81. The van der Waals surface area contributed by atoms with Crippen LogP contribution < -0.4 is 5.32 Å². The molecule has 0 aromatic heterocycles. The summed E-state index contributed by atoms with van der Waals surface area (Å²) >= 11 is 12.0. The monoisotopic (exact) mass is 287 g/mol. The largest absolute Gasteiger partial charge is 0.316 e. The predicted octanol–water partition coefficient (Wildman–Crippen LogP) is 4.81. The standard InChI is InChI=1S/C15H23Cl2N/c1-4-12(10-18-9-11(2)3)7-13-5-6-14(16)15(17)8-13/h5-6,8,11-12,18H,4,7,9-10H2,1-3H3. The van der Waals surface area contributed by atoms with E-state index in [4.69, 9.17) is 23.2 Å². The van der Waals surface area contributed by atoms with E-state index in [2.05, 4.69) is 32.2 Å². The number of benzene rings is 1. The van der Waals surface area contributed by atoms with E-state index in [1.54, 1.807) is 0 Å². The lowest BCUT2D eigenvalue weighted by Gasteiger charge is -2.17. The molecule has 0 amide bonds. The molecule has 0 bridgehead atoms. The number of halogens is 2. The first-order chi connectivity index (χ1) is 8.52. The van der Waals surface area contributed by atoms with Crippen molar-refractivity contribution in [2.45, 2.75) is 33.6 Å². The van der Waals surface area contributed by atoms with Gasteiger partial charge in [0.05, 0.1) is 10.0 Å². The maximum atomic E-state index is 6.04. The van der Waals surface area contributed by atoms with Gasteiger partial charge >= 0.3 is 0 Å². The molecule has 3 heteroatoms. The lowest BCUT2D eigenvalue weighted by Crippen LogP contribution is -2.27. The lowest BCUT2D eigenvalue weighted by molar-refractivity contribution is 0.437. The van der Waals surface area contributed by atoms with E-state index in [0.717, 1.165) is 19.5 Å². The molecular weight excluding hydrogens is 265 g/mol. The van der Waals surface area contributed by atoms with Gasteiger partial charge < -0.3 is 5.32 Å². The molecule has 0 aliphatic rings. The maximum Gasteiger partial charge on any atom is 0.0595 e. The van der Waals surface area contributed by atoms with Crippen LogP contribution in [0.4, 0.5) is 0 Å². The normalized spacial score (nSPS) is 13.0. The summed E-state index contributed by atoms with van der Waals surface area (Å²) in [6.45, 7) is 8.84. The molecule has 1 aromatic rings. The van der Waals surface area contributed by atoms with Gasteiger partial charge in [-0.2, -0.15) is 0 Å². The van der Waals surface area contributed by atoms with Gasteiger partial charge in [-0.05, 0) is 49.0 Å². The Balaban J connectivity index is 2.49. The van der Waals surface area contributed by atoms with Crippen LogP contribution in [0.5, 0.6) is 0 Å². The molecule has 0 spiro atoms. The van der Waals surface area contributed by atoms with Gasteiger partial charge in [0.1, 0.15) is 0 Å². The molecule has 102 valence electrons. The van der Waals surface area contributed by atoms with Crippen LogP contribution >= 0.6 is 23.2 Å². The van der Waals surface area contributed by atoms with E-state index in [-0.39, 0.29) is 0 Å². The van der Waals surface area contributed by atoms with Gasteiger partial charge in [-0.3, -0.25) is 0 Å². The highest BCUT2D eigenvalue weighted by Crippen LogP contribution is 2.24. The smallest absolute Gasteiger partial charge is 0.0595 e. The number of hydrogen-bond donors (Lipinski definition) is 1. The van der Waals surface area contributed by atoms with Crippen LogP contribution in [0.3, 0.4) is 0 Å². The van der Waals surface area contributed by atoms with Crippen LogP contribution in [0.15, 0.2) is 18.2 Å². The van der Waals surface area contributed by atoms with Crippen molar-refractivity contribution in [3.05, 3.63) is 33.8 Å². The lowest BCUT2D eigenvalue weighted by atomic mass is 9.96. The topological polar surface area (TPSA) is 12.0 Å². The Bertz CT molecular complexity index is 364. The van der Waals surface area contributed by atoms with Crippen molar-refractivity contribution >= 4 is 23.2 Å². The second-order valence-corrected chi connectivity index (χ2v) is 6.09. The first-order valence-electron chi connectivity index (χ1n) is 6.67. The van der Waals surface area contributed by atoms with Crippen molar-refractivity contribution in [1.29, 1.82) is 0 Å². The highest BCUT2D eigenvalue weighted by Gasteiger charge is 2.09. The van der Waals surface area contributed by atoms with Gasteiger partial charge in [0.25, 0.3) is 0 Å². The second kappa shape index (κ2) is 8.04. The summed E-state index contributed by atoms with van der Waals surface area (Å²) in [5.74, 6) is 1.36. The number of hydrogen-bond acceptors (Lipinski definition) is 1. The summed E-state index contributed by atoms with van der Waals surface area (Å²) in [6.07, 6.45) is 2.23.